The van der Waals surface area contributed by atoms with E-state index in [1.54, 1.807) is 0 Å². The van der Waals surface area contributed by atoms with E-state index in [2.05, 4.69) is 0 Å². The SMILES string of the molecule is C[P+](O)(O)O. The second kappa shape index (κ2) is 1.19. The maximum Gasteiger partial charge on any atom is 0.400 e. The van der Waals surface area contributed by atoms with Crippen LogP contribution >= 0.6 is 7.94 Å². The summed E-state index contributed by atoms with van der Waals surface area (Å²) in [6.45, 7) is 0.965. The first-order valence-corrected chi connectivity index (χ1v) is 3.14. The Morgan fingerprint density at radius 3 is 1.20 bits per heavy atom. The van der Waals surface area contributed by atoms with Gasteiger partial charge in [-0.25, -0.2) is 0 Å². The van der Waals surface area contributed by atoms with E-state index in [9.17, 15) is 0 Å². The molecule has 0 aromatic heterocycles. The molecule has 0 spiro atoms. The molecule has 0 radical (unpaired) electrons. The van der Waals surface area contributed by atoms with Crippen molar-refractivity contribution < 1.29 is 14.7 Å². The summed E-state index contributed by atoms with van der Waals surface area (Å²) in [5.41, 5.74) is 0. The quantitative estimate of drug-likeness (QED) is 0.352. The van der Waals surface area contributed by atoms with Gasteiger partial charge in [0.05, 0.1) is 0 Å². The molecule has 0 heterocycles. The molecule has 0 rings (SSSR count). The molecular formula is CH6O3P+. The molecule has 3 nitrogen and oxygen atoms in total. The molecule has 0 aliphatic rings. The van der Waals surface area contributed by atoms with Crippen molar-refractivity contribution in [2.75, 3.05) is 6.66 Å². The standard InChI is InChI=1S/CH6O3P/c1-5(2,3)4/h2-4H,1H3/q+1. The molecule has 4 heteroatoms. The van der Waals surface area contributed by atoms with Crippen LogP contribution in [0.5, 0.6) is 0 Å². The highest BCUT2D eigenvalue weighted by atomic mass is 31.2. The molecule has 0 aliphatic carbocycles. The van der Waals surface area contributed by atoms with Gasteiger partial charge >= 0.3 is 7.94 Å². The van der Waals surface area contributed by atoms with E-state index >= 15 is 0 Å². The molecule has 3 N–H and O–H groups in total. The minimum absolute atomic E-state index is 0.965. The molecule has 0 atom stereocenters. The molecule has 0 aliphatic heterocycles. The fourth-order valence-corrected chi connectivity index (χ4v) is 0. The Bertz CT molecular complexity index is 22.4. The number of hydrogen-bond donors (Lipinski definition) is 3. The van der Waals surface area contributed by atoms with Crippen molar-refractivity contribution in [3.8, 4) is 0 Å². The molecule has 0 bridgehead atoms. The van der Waals surface area contributed by atoms with Crippen LogP contribution in [0.3, 0.4) is 0 Å². The molecule has 0 aromatic rings. The molecule has 0 saturated heterocycles. The predicted octanol–water partition coefficient (Wildman–Crippen LogP) is -0.644. The average Bonchev–Trinajstić information content (AvgIpc) is 0.722. The lowest BCUT2D eigenvalue weighted by Crippen LogP contribution is -1.78. The summed E-state index contributed by atoms with van der Waals surface area (Å²) in [6, 6.07) is 0. The van der Waals surface area contributed by atoms with Crippen LogP contribution in [0.25, 0.3) is 0 Å². The monoisotopic (exact) mass is 97.0 g/mol. The molecule has 32 valence electrons. The van der Waals surface area contributed by atoms with Gasteiger partial charge in [0.25, 0.3) is 0 Å². The van der Waals surface area contributed by atoms with Gasteiger partial charge in [-0.15, -0.1) is 0 Å². The predicted molar refractivity (Wildman–Crippen MR) is 19.5 cm³/mol. The summed E-state index contributed by atoms with van der Waals surface area (Å²) < 4.78 is 0. The van der Waals surface area contributed by atoms with Gasteiger partial charge in [-0.2, -0.15) is 14.7 Å². The lowest BCUT2D eigenvalue weighted by molar-refractivity contribution is 0.340. The van der Waals surface area contributed by atoms with E-state index in [1.807, 2.05) is 0 Å². The Kier molecular flexibility index (Phi) is 1.26. The summed E-state index contributed by atoms with van der Waals surface area (Å²) in [5.74, 6) is 0. The zero-order valence-electron chi connectivity index (χ0n) is 2.79. The van der Waals surface area contributed by atoms with Gasteiger partial charge in [0.1, 0.15) is 6.66 Å². The van der Waals surface area contributed by atoms with Gasteiger partial charge < -0.3 is 0 Å². The van der Waals surface area contributed by atoms with E-state index in [0.29, 0.717) is 0 Å². The van der Waals surface area contributed by atoms with Crippen molar-refractivity contribution in [2.24, 2.45) is 0 Å². The van der Waals surface area contributed by atoms with Crippen LogP contribution < -0.4 is 0 Å². The zero-order valence-corrected chi connectivity index (χ0v) is 3.68. The van der Waals surface area contributed by atoms with Crippen molar-refractivity contribution in [1.82, 2.24) is 0 Å². The lowest BCUT2D eigenvalue weighted by atomic mass is 12.0. The van der Waals surface area contributed by atoms with Crippen molar-refractivity contribution >= 4 is 7.94 Å². The van der Waals surface area contributed by atoms with Crippen LogP contribution in [0, 0.1) is 0 Å². The van der Waals surface area contributed by atoms with Gasteiger partial charge in [0.2, 0.25) is 0 Å². The smallest absolute Gasteiger partial charge is 0.193 e. The normalized spacial score (nSPS) is 12.0. The fraction of sp³-hybridized carbons (Fsp3) is 1.00. The molecule has 0 saturated carbocycles. The van der Waals surface area contributed by atoms with Crippen molar-refractivity contribution in [3.05, 3.63) is 0 Å². The second-order valence-corrected chi connectivity index (χ2v) is 2.60. The first-order chi connectivity index (χ1) is 2.00. The average molecular weight is 97.0 g/mol. The molecule has 0 amide bonds. The van der Waals surface area contributed by atoms with Crippen LogP contribution in [0.2, 0.25) is 0 Å². The summed E-state index contributed by atoms with van der Waals surface area (Å²) in [6.07, 6.45) is 0. The van der Waals surface area contributed by atoms with Crippen LogP contribution in [-0.4, -0.2) is 21.3 Å². The number of hydrogen-bond acceptors (Lipinski definition) is 3. The van der Waals surface area contributed by atoms with E-state index in [-0.39, 0.29) is 0 Å². The van der Waals surface area contributed by atoms with E-state index in [1.165, 1.54) is 0 Å². The lowest BCUT2D eigenvalue weighted by Gasteiger charge is -1.88. The summed E-state index contributed by atoms with van der Waals surface area (Å²) in [7, 11) is -3.39. The molecule has 5 heavy (non-hydrogen) atoms. The fourth-order valence-electron chi connectivity index (χ4n) is 0. The van der Waals surface area contributed by atoms with E-state index < -0.39 is 7.94 Å². The third-order valence-corrected chi connectivity index (χ3v) is 0. The Balaban J connectivity index is 3.02. The first-order valence-electron chi connectivity index (χ1n) is 1.05. The first kappa shape index (κ1) is 5.31. The topological polar surface area (TPSA) is 60.7 Å². The third-order valence-electron chi connectivity index (χ3n) is 0. The largest absolute Gasteiger partial charge is 0.400 e. The third kappa shape index (κ3) is 239. The summed E-state index contributed by atoms with van der Waals surface area (Å²) in [5, 5.41) is 0. The van der Waals surface area contributed by atoms with E-state index in [4.69, 9.17) is 14.7 Å². The van der Waals surface area contributed by atoms with Crippen LogP contribution in [-0.2, 0) is 0 Å². The molecule has 0 unspecified atom stereocenters. The summed E-state index contributed by atoms with van der Waals surface area (Å²) >= 11 is 0. The Morgan fingerprint density at radius 1 is 1.20 bits per heavy atom. The minimum atomic E-state index is -3.39. The van der Waals surface area contributed by atoms with Crippen molar-refractivity contribution in [3.63, 3.8) is 0 Å². The van der Waals surface area contributed by atoms with Gasteiger partial charge in [0.15, 0.2) is 0 Å². The van der Waals surface area contributed by atoms with Gasteiger partial charge in [-0.3, -0.25) is 0 Å². The van der Waals surface area contributed by atoms with Crippen molar-refractivity contribution in [2.45, 2.75) is 0 Å². The zero-order chi connectivity index (χ0) is 4.50. The Morgan fingerprint density at radius 2 is 1.20 bits per heavy atom. The highest BCUT2D eigenvalue weighted by Gasteiger charge is 2.17. The van der Waals surface area contributed by atoms with Crippen LogP contribution in [0.4, 0.5) is 0 Å². The highest BCUT2D eigenvalue weighted by molar-refractivity contribution is 7.57. The maximum atomic E-state index is 7.74. The molecule has 0 aromatic carbocycles. The minimum Gasteiger partial charge on any atom is -0.193 e. The van der Waals surface area contributed by atoms with Crippen LogP contribution in [0.1, 0.15) is 0 Å². The maximum absolute atomic E-state index is 7.74. The molecular weight excluding hydrogens is 91.0 g/mol. The van der Waals surface area contributed by atoms with Crippen LogP contribution in [0.15, 0.2) is 0 Å². The van der Waals surface area contributed by atoms with Gasteiger partial charge in [0, 0.05) is 0 Å². The van der Waals surface area contributed by atoms with E-state index in [0.717, 1.165) is 6.66 Å². The van der Waals surface area contributed by atoms with Gasteiger partial charge in [-0.1, -0.05) is 0 Å². The highest BCUT2D eigenvalue weighted by Crippen LogP contribution is 2.38. The Hall–Kier alpha value is 0.310. The molecule has 0 fully saturated rings. The van der Waals surface area contributed by atoms with Crippen molar-refractivity contribution in [1.29, 1.82) is 0 Å². The van der Waals surface area contributed by atoms with Gasteiger partial charge in [-0.05, 0) is 0 Å². The summed E-state index contributed by atoms with van der Waals surface area (Å²) in [4.78, 5) is 23.2. The Labute approximate surface area is 30.5 Å². The second-order valence-electron chi connectivity index (χ2n) is 0.868. The number of rotatable bonds is 0.